The predicted octanol–water partition coefficient (Wildman–Crippen LogP) is 2.57. The van der Waals surface area contributed by atoms with E-state index >= 15 is 0 Å². The van der Waals surface area contributed by atoms with Crippen LogP contribution in [-0.2, 0) is 0 Å². The summed E-state index contributed by atoms with van der Waals surface area (Å²) in [7, 11) is 0. The molecule has 2 aromatic rings. The number of ether oxygens (including phenoxy) is 1. The van der Waals surface area contributed by atoms with Crippen LogP contribution in [0.2, 0.25) is 0 Å². The van der Waals surface area contributed by atoms with Crippen LogP contribution in [0.4, 0.5) is 10.2 Å². The fraction of sp³-hybridized carbons (Fsp3) is 0.231. The number of hydrogen-bond acceptors (Lipinski definition) is 4. The van der Waals surface area contributed by atoms with Gasteiger partial charge in [-0.3, -0.25) is 0 Å². The van der Waals surface area contributed by atoms with Crippen molar-refractivity contribution in [1.82, 2.24) is 9.97 Å². The molecular weight excluding hydrogens is 233 g/mol. The minimum atomic E-state index is -0.570. The number of rotatable bonds is 3. The van der Waals surface area contributed by atoms with Crippen LogP contribution in [-0.4, -0.2) is 16.6 Å². The van der Waals surface area contributed by atoms with Gasteiger partial charge in [-0.2, -0.15) is 0 Å². The molecule has 0 unspecified atom stereocenters. The first-order chi connectivity index (χ1) is 8.61. The molecule has 0 saturated carbocycles. The Kier molecular flexibility index (Phi) is 3.41. The molecule has 4 nitrogen and oxygen atoms in total. The van der Waals surface area contributed by atoms with Crippen LogP contribution in [0.3, 0.4) is 0 Å². The molecule has 0 aliphatic carbocycles. The standard InChI is InChI=1S/C13H14FN3O/c1-3-18-10-6-4-5-9(7-10)13-16-8(2)11(14)12(15)17-13/h4-7H,3H2,1-2H3,(H2,15,16,17). The number of nitrogens with two attached hydrogens (primary N) is 1. The van der Waals surface area contributed by atoms with Crippen molar-refractivity contribution in [3.05, 3.63) is 35.8 Å². The highest BCUT2D eigenvalue weighted by molar-refractivity contribution is 5.59. The van der Waals surface area contributed by atoms with Gasteiger partial charge < -0.3 is 10.5 Å². The number of halogens is 1. The van der Waals surface area contributed by atoms with E-state index < -0.39 is 5.82 Å². The summed E-state index contributed by atoms with van der Waals surface area (Å²) in [6.45, 7) is 4.04. The number of anilines is 1. The smallest absolute Gasteiger partial charge is 0.186 e. The topological polar surface area (TPSA) is 61.0 Å². The highest BCUT2D eigenvalue weighted by atomic mass is 19.1. The number of hydrogen-bond donors (Lipinski definition) is 1. The van der Waals surface area contributed by atoms with Crippen molar-refractivity contribution >= 4 is 5.82 Å². The molecule has 1 heterocycles. The van der Waals surface area contributed by atoms with E-state index in [-0.39, 0.29) is 11.5 Å². The quantitative estimate of drug-likeness (QED) is 0.905. The Hall–Kier alpha value is -2.17. The Labute approximate surface area is 105 Å². The molecule has 1 aromatic heterocycles. The van der Waals surface area contributed by atoms with Crippen LogP contribution in [0.5, 0.6) is 5.75 Å². The van der Waals surface area contributed by atoms with E-state index in [4.69, 9.17) is 10.5 Å². The second kappa shape index (κ2) is 5.00. The average molecular weight is 247 g/mol. The third-order valence-corrected chi connectivity index (χ3v) is 2.45. The molecule has 94 valence electrons. The zero-order chi connectivity index (χ0) is 13.1. The third kappa shape index (κ3) is 2.40. The highest BCUT2D eigenvalue weighted by Gasteiger charge is 2.10. The maximum atomic E-state index is 13.4. The Balaban J connectivity index is 2.45. The first-order valence-corrected chi connectivity index (χ1v) is 5.64. The Bertz CT molecular complexity index is 549. The Morgan fingerprint density at radius 1 is 1.33 bits per heavy atom. The Morgan fingerprint density at radius 2 is 2.11 bits per heavy atom. The Morgan fingerprint density at radius 3 is 2.78 bits per heavy atom. The van der Waals surface area contributed by atoms with Crippen LogP contribution in [0.1, 0.15) is 12.6 Å². The van der Waals surface area contributed by atoms with Crippen molar-refractivity contribution in [1.29, 1.82) is 0 Å². The number of aryl methyl sites for hydroxylation is 1. The van der Waals surface area contributed by atoms with Gasteiger partial charge in [0.2, 0.25) is 0 Å². The first kappa shape index (κ1) is 12.3. The van der Waals surface area contributed by atoms with Gasteiger partial charge in [0.05, 0.1) is 12.3 Å². The fourth-order valence-corrected chi connectivity index (χ4v) is 1.60. The average Bonchev–Trinajstić information content (AvgIpc) is 2.36. The van der Waals surface area contributed by atoms with Gasteiger partial charge in [-0.05, 0) is 26.0 Å². The van der Waals surface area contributed by atoms with Crippen LogP contribution in [0.15, 0.2) is 24.3 Å². The van der Waals surface area contributed by atoms with Crippen molar-refractivity contribution in [3.8, 4) is 17.1 Å². The van der Waals surface area contributed by atoms with Crippen molar-refractivity contribution in [2.24, 2.45) is 0 Å². The van der Waals surface area contributed by atoms with Crippen LogP contribution in [0, 0.1) is 12.7 Å². The van der Waals surface area contributed by atoms with Crippen LogP contribution >= 0.6 is 0 Å². The van der Waals surface area contributed by atoms with Gasteiger partial charge >= 0.3 is 0 Å². The molecule has 5 heteroatoms. The van der Waals surface area contributed by atoms with Gasteiger partial charge in [0.25, 0.3) is 0 Å². The lowest BCUT2D eigenvalue weighted by molar-refractivity contribution is 0.340. The second-order valence-corrected chi connectivity index (χ2v) is 3.79. The molecule has 0 radical (unpaired) electrons. The zero-order valence-corrected chi connectivity index (χ0v) is 10.3. The molecule has 18 heavy (non-hydrogen) atoms. The zero-order valence-electron chi connectivity index (χ0n) is 10.3. The van der Waals surface area contributed by atoms with Crippen molar-refractivity contribution < 1.29 is 9.13 Å². The lowest BCUT2D eigenvalue weighted by atomic mass is 10.2. The molecule has 0 spiro atoms. The molecule has 0 bridgehead atoms. The second-order valence-electron chi connectivity index (χ2n) is 3.79. The van der Waals surface area contributed by atoms with E-state index in [1.807, 2.05) is 25.1 Å². The normalized spacial score (nSPS) is 10.4. The summed E-state index contributed by atoms with van der Waals surface area (Å²) in [5.74, 6) is 0.408. The molecule has 2 rings (SSSR count). The maximum absolute atomic E-state index is 13.4. The van der Waals surface area contributed by atoms with E-state index in [0.717, 1.165) is 11.3 Å². The molecule has 0 amide bonds. The monoisotopic (exact) mass is 247 g/mol. The summed E-state index contributed by atoms with van der Waals surface area (Å²) in [4.78, 5) is 8.02. The van der Waals surface area contributed by atoms with Gasteiger partial charge in [0, 0.05) is 5.56 Å². The SMILES string of the molecule is CCOc1cccc(-c2nc(C)c(F)c(N)n2)c1. The summed E-state index contributed by atoms with van der Waals surface area (Å²) in [6.07, 6.45) is 0. The number of benzene rings is 1. The van der Waals surface area contributed by atoms with Crippen LogP contribution in [0.25, 0.3) is 11.4 Å². The predicted molar refractivity (Wildman–Crippen MR) is 67.7 cm³/mol. The summed E-state index contributed by atoms with van der Waals surface area (Å²) < 4.78 is 18.7. The molecule has 0 atom stereocenters. The van der Waals surface area contributed by atoms with Crippen molar-refractivity contribution in [2.45, 2.75) is 13.8 Å². The van der Waals surface area contributed by atoms with E-state index in [9.17, 15) is 4.39 Å². The van der Waals surface area contributed by atoms with Gasteiger partial charge in [-0.15, -0.1) is 0 Å². The largest absolute Gasteiger partial charge is 0.494 e. The van der Waals surface area contributed by atoms with Crippen molar-refractivity contribution in [3.63, 3.8) is 0 Å². The van der Waals surface area contributed by atoms with E-state index in [2.05, 4.69) is 9.97 Å². The number of nitrogen functional groups attached to an aromatic ring is 1. The number of nitrogens with zero attached hydrogens (tertiary/aromatic N) is 2. The molecule has 0 saturated heterocycles. The molecule has 1 aromatic carbocycles. The summed E-state index contributed by atoms with van der Waals surface area (Å²) in [5.41, 5.74) is 6.48. The third-order valence-electron chi connectivity index (χ3n) is 2.45. The highest BCUT2D eigenvalue weighted by Crippen LogP contribution is 2.23. The molecule has 0 aliphatic heterocycles. The lowest BCUT2D eigenvalue weighted by Gasteiger charge is -2.07. The molecule has 0 fully saturated rings. The maximum Gasteiger partial charge on any atom is 0.186 e. The van der Waals surface area contributed by atoms with E-state index in [0.29, 0.717) is 12.4 Å². The van der Waals surface area contributed by atoms with E-state index in [1.165, 1.54) is 0 Å². The summed E-state index contributed by atoms with van der Waals surface area (Å²) in [5, 5.41) is 0. The van der Waals surface area contributed by atoms with Crippen molar-refractivity contribution in [2.75, 3.05) is 12.3 Å². The molecular formula is C13H14FN3O. The lowest BCUT2D eigenvalue weighted by Crippen LogP contribution is -2.03. The molecule has 0 aliphatic rings. The minimum Gasteiger partial charge on any atom is -0.494 e. The fourth-order valence-electron chi connectivity index (χ4n) is 1.60. The first-order valence-electron chi connectivity index (χ1n) is 5.64. The van der Waals surface area contributed by atoms with Gasteiger partial charge in [-0.25, -0.2) is 14.4 Å². The summed E-state index contributed by atoms with van der Waals surface area (Å²) in [6, 6.07) is 7.30. The van der Waals surface area contributed by atoms with Gasteiger partial charge in [-0.1, -0.05) is 12.1 Å². The van der Waals surface area contributed by atoms with Crippen LogP contribution < -0.4 is 10.5 Å². The number of aromatic nitrogens is 2. The summed E-state index contributed by atoms with van der Waals surface area (Å²) >= 11 is 0. The van der Waals surface area contributed by atoms with Gasteiger partial charge in [0.1, 0.15) is 5.75 Å². The van der Waals surface area contributed by atoms with E-state index in [1.54, 1.807) is 13.0 Å². The van der Waals surface area contributed by atoms with Gasteiger partial charge in [0.15, 0.2) is 17.5 Å². The minimum absolute atomic E-state index is 0.140. The molecule has 2 N–H and O–H groups in total.